The van der Waals surface area contributed by atoms with Crippen LogP contribution in [-0.4, -0.2) is 31.0 Å². The van der Waals surface area contributed by atoms with Crippen LogP contribution in [0.15, 0.2) is 18.2 Å². The molecular formula is C18H25ClN2O3. The van der Waals surface area contributed by atoms with Gasteiger partial charge in [0.1, 0.15) is 12.3 Å². The number of carbonyl (C=O) groups excluding carboxylic acids is 2. The van der Waals surface area contributed by atoms with E-state index in [4.69, 9.17) is 16.3 Å². The summed E-state index contributed by atoms with van der Waals surface area (Å²) in [5.41, 5.74) is 0.543. The summed E-state index contributed by atoms with van der Waals surface area (Å²) in [6.07, 6.45) is 3.16. The molecule has 1 atom stereocenters. The first-order valence-electron chi connectivity index (χ1n) is 8.39. The van der Waals surface area contributed by atoms with Crippen molar-refractivity contribution in [2.24, 2.45) is 5.92 Å². The van der Waals surface area contributed by atoms with E-state index < -0.39 is 0 Å². The third kappa shape index (κ3) is 5.13. The summed E-state index contributed by atoms with van der Waals surface area (Å²) in [5.74, 6) is 0.817. The molecular weight excluding hydrogens is 328 g/mol. The van der Waals surface area contributed by atoms with Crippen molar-refractivity contribution in [2.75, 3.05) is 18.1 Å². The van der Waals surface area contributed by atoms with E-state index in [1.807, 2.05) is 6.92 Å². The average Bonchev–Trinajstić information content (AvgIpc) is 2.50. The average molecular weight is 353 g/mol. The topological polar surface area (TPSA) is 58.6 Å². The lowest BCUT2D eigenvalue weighted by molar-refractivity contribution is -0.125. The Kier molecular flexibility index (Phi) is 6.49. The van der Waals surface area contributed by atoms with Crippen molar-refractivity contribution in [3.8, 4) is 5.75 Å². The number of ether oxygens (including phenoxy) is 1. The van der Waals surface area contributed by atoms with Crippen molar-refractivity contribution in [1.29, 1.82) is 0 Å². The first kappa shape index (κ1) is 18.6. The molecule has 0 radical (unpaired) electrons. The molecule has 0 saturated carbocycles. The standard InChI is InChI=1S/C18H25ClN2O3/c1-12(2)5-4-6-13(3)20-17(22)10-21-15-9-14(19)7-8-16(15)24-11-18(21)23/h7-9,12-13H,4-6,10-11H2,1-3H3,(H,20,22). The van der Waals surface area contributed by atoms with Crippen molar-refractivity contribution in [1.82, 2.24) is 5.32 Å². The highest BCUT2D eigenvalue weighted by atomic mass is 35.5. The van der Waals surface area contributed by atoms with Gasteiger partial charge in [-0.15, -0.1) is 0 Å². The van der Waals surface area contributed by atoms with E-state index in [0.717, 1.165) is 19.3 Å². The van der Waals surface area contributed by atoms with Crippen LogP contribution in [-0.2, 0) is 9.59 Å². The van der Waals surface area contributed by atoms with Gasteiger partial charge in [0.2, 0.25) is 5.91 Å². The monoisotopic (exact) mass is 352 g/mol. The summed E-state index contributed by atoms with van der Waals surface area (Å²) in [6.45, 7) is 6.28. The third-order valence-corrected chi connectivity index (χ3v) is 4.23. The van der Waals surface area contributed by atoms with Gasteiger partial charge in [0.05, 0.1) is 5.69 Å². The molecule has 1 aromatic rings. The number of hydrogen-bond acceptors (Lipinski definition) is 3. The lowest BCUT2D eigenvalue weighted by atomic mass is 10.0. The summed E-state index contributed by atoms with van der Waals surface area (Å²) in [6, 6.07) is 5.15. The van der Waals surface area contributed by atoms with Gasteiger partial charge in [-0.2, -0.15) is 0 Å². The van der Waals surface area contributed by atoms with Gasteiger partial charge >= 0.3 is 0 Å². The van der Waals surface area contributed by atoms with Crippen LogP contribution < -0.4 is 15.0 Å². The van der Waals surface area contributed by atoms with Gasteiger partial charge in [0.15, 0.2) is 6.61 Å². The van der Waals surface area contributed by atoms with Gasteiger partial charge in [-0.05, 0) is 37.5 Å². The Hall–Kier alpha value is -1.75. The molecule has 2 amide bonds. The molecule has 1 heterocycles. The molecule has 0 bridgehead atoms. The van der Waals surface area contributed by atoms with E-state index >= 15 is 0 Å². The molecule has 1 aliphatic heterocycles. The number of nitrogens with one attached hydrogen (secondary N) is 1. The number of halogens is 1. The molecule has 0 aliphatic carbocycles. The van der Waals surface area contributed by atoms with Gasteiger partial charge in [0.25, 0.3) is 5.91 Å². The molecule has 0 fully saturated rings. The maximum absolute atomic E-state index is 12.3. The van der Waals surface area contributed by atoms with Crippen molar-refractivity contribution in [2.45, 2.75) is 46.1 Å². The van der Waals surface area contributed by atoms with Crippen LogP contribution in [0.1, 0.15) is 40.0 Å². The van der Waals surface area contributed by atoms with Crippen molar-refractivity contribution in [3.05, 3.63) is 23.2 Å². The largest absolute Gasteiger partial charge is 0.482 e. The lowest BCUT2D eigenvalue weighted by Crippen LogP contribution is -2.46. The molecule has 1 aromatic carbocycles. The fourth-order valence-corrected chi connectivity index (χ4v) is 2.88. The molecule has 2 rings (SSSR count). The number of rotatable bonds is 7. The van der Waals surface area contributed by atoms with Crippen molar-refractivity contribution < 1.29 is 14.3 Å². The number of carbonyl (C=O) groups is 2. The minimum Gasteiger partial charge on any atom is -0.482 e. The first-order chi connectivity index (χ1) is 11.4. The highest BCUT2D eigenvalue weighted by Crippen LogP contribution is 2.34. The summed E-state index contributed by atoms with van der Waals surface area (Å²) in [4.78, 5) is 25.8. The molecule has 5 nitrogen and oxygen atoms in total. The Morgan fingerprint density at radius 2 is 2.08 bits per heavy atom. The molecule has 1 aliphatic rings. The van der Waals surface area contributed by atoms with E-state index in [1.165, 1.54) is 4.90 Å². The zero-order valence-electron chi connectivity index (χ0n) is 14.5. The van der Waals surface area contributed by atoms with E-state index in [2.05, 4.69) is 19.2 Å². The number of fused-ring (bicyclic) bond motifs is 1. The summed E-state index contributed by atoms with van der Waals surface area (Å²) < 4.78 is 5.38. The van der Waals surface area contributed by atoms with E-state index in [0.29, 0.717) is 22.4 Å². The Morgan fingerprint density at radius 1 is 1.33 bits per heavy atom. The highest BCUT2D eigenvalue weighted by molar-refractivity contribution is 6.31. The molecule has 1 unspecified atom stereocenters. The zero-order chi connectivity index (χ0) is 17.7. The summed E-state index contributed by atoms with van der Waals surface area (Å²) in [7, 11) is 0. The van der Waals surface area contributed by atoms with Crippen LogP contribution in [0.4, 0.5) is 5.69 Å². The Balaban J connectivity index is 1.94. The molecule has 0 saturated heterocycles. The second-order valence-corrected chi connectivity index (χ2v) is 7.11. The van der Waals surface area contributed by atoms with Crippen LogP contribution in [0.5, 0.6) is 5.75 Å². The van der Waals surface area contributed by atoms with E-state index in [1.54, 1.807) is 18.2 Å². The van der Waals surface area contributed by atoms with Gasteiger partial charge in [0, 0.05) is 11.1 Å². The quantitative estimate of drug-likeness (QED) is 0.818. The van der Waals surface area contributed by atoms with E-state index in [-0.39, 0.29) is 31.0 Å². The number of anilines is 1. The zero-order valence-corrected chi connectivity index (χ0v) is 15.2. The normalized spacial score (nSPS) is 15.0. The predicted octanol–water partition coefficient (Wildman–Crippen LogP) is 3.40. The van der Waals surface area contributed by atoms with Crippen molar-refractivity contribution >= 4 is 29.1 Å². The Labute approximate surface area is 148 Å². The van der Waals surface area contributed by atoms with E-state index in [9.17, 15) is 9.59 Å². The molecule has 1 N–H and O–H groups in total. The van der Waals surface area contributed by atoms with Crippen LogP contribution in [0.3, 0.4) is 0 Å². The number of nitrogens with zero attached hydrogens (tertiary/aromatic N) is 1. The van der Waals surface area contributed by atoms with Gasteiger partial charge in [-0.25, -0.2) is 0 Å². The van der Waals surface area contributed by atoms with Crippen LogP contribution in [0.2, 0.25) is 5.02 Å². The minimum atomic E-state index is -0.243. The Bertz CT molecular complexity index is 604. The first-order valence-corrected chi connectivity index (χ1v) is 8.76. The van der Waals surface area contributed by atoms with Crippen LogP contribution >= 0.6 is 11.6 Å². The second-order valence-electron chi connectivity index (χ2n) is 6.67. The van der Waals surface area contributed by atoms with Crippen molar-refractivity contribution in [3.63, 3.8) is 0 Å². The molecule has 6 heteroatoms. The fourth-order valence-electron chi connectivity index (χ4n) is 2.72. The maximum atomic E-state index is 12.3. The minimum absolute atomic E-state index is 0.0238. The fraction of sp³-hybridized carbons (Fsp3) is 0.556. The summed E-state index contributed by atoms with van der Waals surface area (Å²) >= 11 is 6.00. The molecule has 24 heavy (non-hydrogen) atoms. The SMILES string of the molecule is CC(C)CCCC(C)NC(=O)CN1C(=O)COc2ccc(Cl)cc21. The van der Waals surface area contributed by atoms with Crippen LogP contribution in [0, 0.1) is 5.92 Å². The van der Waals surface area contributed by atoms with Crippen LogP contribution in [0.25, 0.3) is 0 Å². The van der Waals surface area contributed by atoms with Gasteiger partial charge in [-0.1, -0.05) is 38.3 Å². The number of hydrogen-bond donors (Lipinski definition) is 1. The number of amides is 2. The highest BCUT2D eigenvalue weighted by Gasteiger charge is 2.27. The number of benzene rings is 1. The molecule has 132 valence electrons. The smallest absolute Gasteiger partial charge is 0.265 e. The summed E-state index contributed by atoms with van der Waals surface area (Å²) in [5, 5.41) is 3.46. The third-order valence-electron chi connectivity index (χ3n) is 3.99. The lowest BCUT2D eigenvalue weighted by Gasteiger charge is -2.29. The molecule has 0 aromatic heterocycles. The maximum Gasteiger partial charge on any atom is 0.265 e. The predicted molar refractivity (Wildman–Crippen MR) is 95.6 cm³/mol. The molecule has 0 spiro atoms. The van der Waals surface area contributed by atoms with Gasteiger partial charge in [-0.3, -0.25) is 14.5 Å². The van der Waals surface area contributed by atoms with Gasteiger partial charge < -0.3 is 10.1 Å². The Morgan fingerprint density at radius 3 is 2.79 bits per heavy atom. The second kappa shape index (κ2) is 8.38.